The van der Waals surface area contributed by atoms with Crippen LogP contribution in [0.5, 0.6) is 0 Å². The standard InChI is InChI=1S/C15H22N2O2/c1-15(2,11-3-7-13(16-18)8-4-11)12-5-9-14(17-19)10-6-12/h3,9,12-13H,4-8,10H2,1-2H3. The molecular formula is C15H22N2O2. The Bertz CT molecular complexity index is 424. The van der Waals surface area contributed by atoms with Crippen molar-refractivity contribution in [2.45, 2.75) is 58.4 Å². The van der Waals surface area contributed by atoms with Gasteiger partial charge in [-0.25, -0.2) is 0 Å². The van der Waals surface area contributed by atoms with Crippen molar-refractivity contribution < 1.29 is 0 Å². The van der Waals surface area contributed by atoms with Crippen molar-refractivity contribution in [3.63, 3.8) is 0 Å². The lowest BCUT2D eigenvalue weighted by molar-refractivity contribution is 0.230. The molecule has 0 saturated heterocycles. The maximum absolute atomic E-state index is 10.6. The zero-order chi connectivity index (χ0) is 13.9. The molecule has 0 saturated carbocycles. The monoisotopic (exact) mass is 262 g/mol. The molecule has 19 heavy (non-hydrogen) atoms. The highest BCUT2D eigenvalue weighted by Gasteiger charge is 2.35. The van der Waals surface area contributed by atoms with Gasteiger partial charge in [0.15, 0.2) is 0 Å². The first kappa shape index (κ1) is 14.1. The molecule has 2 aliphatic carbocycles. The van der Waals surface area contributed by atoms with E-state index >= 15 is 0 Å². The molecule has 2 rings (SSSR count). The van der Waals surface area contributed by atoms with E-state index in [1.807, 2.05) is 6.08 Å². The van der Waals surface area contributed by atoms with Gasteiger partial charge in [-0.1, -0.05) is 36.7 Å². The van der Waals surface area contributed by atoms with Gasteiger partial charge in [-0.2, -0.15) is 4.91 Å². The summed E-state index contributed by atoms with van der Waals surface area (Å²) in [5.74, 6) is 0.560. The molecule has 2 atom stereocenters. The van der Waals surface area contributed by atoms with Crippen molar-refractivity contribution in [2.24, 2.45) is 21.7 Å². The van der Waals surface area contributed by atoms with E-state index in [0.29, 0.717) is 11.6 Å². The second-order valence-corrected chi connectivity index (χ2v) is 6.24. The molecule has 104 valence electrons. The number of nitrogens with zero attached hydrogens (tertiary/aromatic N) is 2. The van der Waals surface area contributed by atoms with Crippen LogP contribution in [0.4, 0.5) is 0 Å². The predicted molar refractivity (Wildman–Crippen MR) is 76.5 cm³/mol. The Morgan fingerprint density at radius 3 is 2.37 bits per heavy atom. The first-order valence-electron chi connectivity index (χ1n) is 7.12. The van der Waals surface area contributed by atoms with Crippen molar-refractivity contribution in [3.8, 4) is 0 Å². The quantitative estimate of drug-likeness (QED) is 0.544. The molecular weight excluding hydrogens is 240 g/mol. The molecule has 4 heteroatoms. The summed E-state index contributed by atoms with van der Waals surface area (Å²) in [7, 11) is 0. The van der Waals surface area contributed by atoms with E-state index in [-0.39, 0.29) is 11.5 Å². The van der Waals surface area contributed by atoms with Crippen LogP contribution >= 0.6 is 0 Å². The van der Waals surface area contributed by atoms with Gasteiger partial charge in [0.05, 0.1) is 11.7 Å². The summed E-state index contributed by atoms with van der Waals surface area (Å²) in [5.41, 5.74) is 2.29. The Kier molecular flexibility index (Phi) is 4.27. The molecule has 2 aliphatic rings. The van der Waals surface area contributed by atoms with E-state index < -0.39 is 0 Å². The normalized spacial score (nSPS) is 28.3. The molecule has 0 aliphatic heterocycles. The van der Waals surface area contributed by atoms with E-state index in [1.54, 1.807) is 0 Å². The van der Waals surface area contributed by atoms with Crippen LogP contribution in [-0.4, -0.2) is 6.04 Å². The Morgan fingerprint density at radius 2 is 1.89 bits per heavy atom. The second-order valence-electron chi connectivity index (χ2n) is 6.24. The molecule has 0 spiro atoms. The van der Waals surface area contributed by atoms with Crippen LogP contribution in [0, 0.1) is 21.1 Å². The molecule has 0 bridgehead atoms. The number of rotatable bonds is 4. The van der Waals surface area contributed by atoms with Crippen LogP contribution < -0.4 is 0 Å². The van der Waals surface area contributed by atoms with Crippen molar-refractivity contribution >= 4 is 0 Å². The minimum absolute atomic E-state index is 0.0309. The van der Waals surface area contributed by atoms with Crippen molar-refractivity contribution in [3.05, 3.63) is 33.2 Å². The third-order valence-corrected chi connectivity index (χ3v) is 4.88. The van der Waals surface area contributed by atoms with E-state index in [4.69, 9.17) is 0 Å². The third-order valence-electron chi connectivity index (χ3n) is 4.88. The van der Waals surface area contributed by atoms with Crippen LogP contribution in [0.25, 0.3) is 0 Å². The molecule has 0 radical (unpaired) electrons. The van der Waals surface area contributed by atoms with Gasteiger partial charge in [0, 0.05) is 0 Å². The number of nitroso groups, excluding NO2 is 2. The molecule has 0 amide bonds. The summed E-state index contributed by atoms with van der Waals surface area (Å²) in [4.78, 5) is 21.1. The fourth-order valence-electron chi connectivity index (χ4n) is 3.32. The van der Waals surface area contributed by atoms with Crippen LogP contribution in [0.15, 0.2) is 33.8 Å². The molecule has 0 aromatic heterocycles. The lowest BCUT2D eigenvalue weighted by Crippen LogP contribution is -2.29. The number of hydrogen-bond acceptors (Lipinski definition) is 4. The lowest BCUT2D eigenvalue weighted by Gasteiger charge is -2.39. The van der Waals surface area contributed by atoms with Crippen molar-refractivity contribution in [1.82, 2.24) is 0 Å². The Labute approximate surface area is 114 Å². The minimum Gasteiger partial charge on any atom is -0.151 e. The van der Waals surface area contributed by atoms with E-state index in [9.17, 15) is 9.81 Å². The zero-order valence-corrected chi connectivity index (χ0v) is 11.8. The smallest absolute Gasteiger partial charge is 0.0957 e. The summed E-state index contributed by atoms with van der Waals surface area (Å²) in [5, 5.41) is 6.19. The largest absolute Gasteiger partial charge is 0.151 e. The van der Waals surface area contributed by atoms with Gasteiger partial charge in [0.2, 0.25) is 0 Å². The van der Waals surface area contributed by atoms with Crippen molar-refractivity contribution in [1.29, 1.82) is 0 Å². The van der Waals surface area contributed by atoms with Crippen LogP contribution in [0.2, 0.25) is 0 Å². The summed E-state index contributed by atoms with van der Waals surface area (Å²) in [6.45, 7) is 4.57. The summed E-state index contributed by atoms with van der Waals surface area (Å²) in [6.07, 6.45) is 9.59. The summed E-state index contributed by atoms with van der Waals surface area (Å²) in [6, 6.07) is -0.0309. The highest BCUT2D eigenvalue weighted by atomic mass is 16.3. The molecule has 4 nitrogen and oxygen atoms in total. The van der Waals surface area contributed by atoms with Crippen LogP contribution in [-0.2, 0) is 0 Å². The Hall–Kier alpha value is -1.32. The van der Waals surface area contributed by atoms with Crippen LogP contribution in [0.3, 0.4) is 0 Å². The highest BCUT2D eigenvalue weighted by Crippen LogP contribution is 2.45. The minimum atomic E-state index is -0.0309. The van der Waals surface area contributed by atoms with Gasteiger partial charge in [0.1, 0.15) is 0 Å². The molecule has 2 unspecified atom stereocenters. The molecule has 0 aromatic carbocycles. The zero-order valence-electron chi connectivity index (χ0n) is 11.8. The topological polar surface area (TPSA) is 58.9 Å². The van der Waals surface area contributed by atoms with E-state index in [2.05, 4.69) is 30.3 Å². The molecule has 0 heterocycles. The highest BCUT2D eigenvalue weighted by molar-refractivity contribution is 5.19. The first-order chi connectivity index (χ1) is 9.07. The van der Waals surface area contributed by atoms with Gasteiger partial charge in [-0.15, -0.1) is 4.91 Å². The van der Waals surface area contributed by atoms with Gasteiger partial charge in [-0.05, 0) is 55.0 Å². The maximum Gasteiger partial charge on any atom is 0.0957 e. The second kappa shape index (κ2) is 5.76. The average molecular weight is 262 g/mol. The van der Waals surface area contributed by atoms with Gasteiger partial charge >= 0.3 is 0 Å². The fourth-order valence-corrected chi connectivity index (χ4v) is 3.32. The third kappa shape index (κ3) is 2.99. The van der Waals surface area contributed by atoms with Crippen molar-refractivity contribution in [2.75, 3.05) is 0 Å². The van der Waals surface area contributed by atoms with Crippen LogP contribution in [0.1, 0.15) is 52.4 Å². The van der Waals surface area contributed by atoms with Gasteiger partial charge in [-0.3, -0.25) is 0 Å². The Morgan fingerprint density at radius 1 is 1.11 bits per heavy atom. The van der Waals surface area contributed by atoms with E-state index in [0.717, 1.165) is 38.5 Å². The maximum atomic E-state index is 10.6. The lowest BCUT2D eigenvalue weighted by atomic mass is 9.66. The first-order valence-corrected chi connectivity index (χ1v) is 7.12. The van der Waals surface area contributed by atoms with E-state index in [1.165, 1.54) is 5.57 Å². The average Bonchev–Trinajstić information content (AvgIpc) is 2.47. The number of allylic oxidation sites excluding steroid dienone is 3. The molecule has 0 aromatic rings. The molecule has 0 fully saturated rings. The molecule has 0 N–H and O–H groups in total. The summed E-state index contributed by atoms with van der Waals surface area (Å²) < 4.78 is 0. The van der Waals surface area contributed by atoms with Gasteiger partial charge < -0.3 is 0 Å². The number of hydrogen-bond donors (Lipinski definition) is 0. The van der Waals surface area contributed by atoms with Gasteiger partial charge in [0.25, 0.3) is 0 Å². The Balaban J connectivity index is 2.06. The fraction of sp³-hybridized carbons (Fsp3) is 0.733. The predicted octanol–water partition coefficient (Wildman–Crippen LogP) is 4.71. The SMILES string of the molecule is CC(C)(C1=CCC(N=O)CC1)C1CC=C(N=O)CC1. The summed E-state index contributed by atoms with van der Waals surface area (Å²) >= 11 is 0.